The number of fused-ring (bicyclic) bond motifs is 1. The Morgan fingerprint density at radius 3 is 2.65 bits per heavy atom. The van der Waals surface area contributed by atoms with E-state index >= 15 is 0 Å². The van der Waals surface area contributed by atoms with Crippen LogP contribution in [-0.4, -0.2) is 43.1 Å². The highest BCUT2D eigenvalue weighted by atomic mass is 15.2. The molecule has 0 aliphatic heterocycles. The lowest BCUT2D eigenvalue weighted by molar-refractivity contribution is 0.373. The van der Waals surface area contributed by atoms with Gasteiger partial charge in [-0.3, -0.25) is 4.98 Å². The van der Waals surface area contributed by atoms with Gasteiger partial charge >= 0.3 is 0 Å². The summed E-state index contributed by atoms with van der Waals surface area (Å²) in [5.41, 5.74) is 8.87. The molecule has 20 heavy (non-hydrogen) atoms. The van der Waals surface area contributed by atoms with Crippen molar-refractivity contribution in [1.82, 2.24) is 9.88 Å². The van der Waals surface area contributed by atoms with Crippen molar-refractivity contribution in [2.75, 3.05) is 37.8 Å². The number of aromatic nitrogens is 1. The van der Waals surface area contributed by atoms with Crippen LogP contribution < -0.4 is 10.6 Å². The zero-order valence-electron chi connectivity index (χ0n) is 12.8. The molecule has 0 aliphatic rings. The van der Waals surface area contributed by atoms with Gasteiger partial charge in [0.2, 0.25) is 0 Å². The van der Waals surface area contributed by atoms with E-state index in [0.717, 1.165) is 29.7 Å². The second-order valence-corrected chi connectivity index (χ2v) is 5.47. The minimum Gasteiger partial charge on any atom is -0.397 e. The smallest absolute Gasteiger partial charge is 0.0951 e. The van der Waals surface area contributed by atoms with Gasteiger partial charge in [-0.25, -0.2) is 0 Å². The van der Waals surface area contributed by atoms with Gasteiger partial charge in [0.1, 0.15) is 0 Å². The summed E-state index contributed by atoms with van der Waals surface area (Å²) >= 11 is 0. The molecule has 2 rings (SSSR count). The number of nitrogens with zero attached hydrogens (tertiary/aromatic N) is 3. The summed E-state index contributed by atoms with van der Waals surface area (Å²) in [7, 11) is 4.21. The average Bonchev–Trinajstić information content (AvgIpc) is 2.41. The minimum absolute atomic E-state index is 0.432. The summed E-state index contributed by atoms with van der Waals surface area (Å²) in [6.07, 6.45) is 1.79. The van der Waals surface area contributed by atoms with Crippen molar-refractivity contribution in [2.24, 2.45) is 0 Å². The predicted octanol–water partition coefficient (Wildman–Crippen LogP) is 2.59. The molecule has 1 aromatic carbocycles. The second-order valence-electron chi connectivity index (χ2n) is 5.47. The van der Waals surface area contributed by atoms with Crippen molar-refractivity contribution < 1.29 is 0 Å². The van der Waals surface area contributed by atoms with Crippen LogP contribution in [-0.2, 0) is 0 Å². The SMILES string of the molecule is CCN(c1ccc(N)c2ncccc12)C(C)CN(C)C. The lowest BCUT2D eigenvalue weighted by atomic mass is 10.1. The van der Waals surface area contributed by atoms with Crippen molar-refractivity contribution in [3.05, 3.63) is 30.5 Å². The van der Waals surface area contributed by atoms with Crippen LogP contribution in [0.4, 0.5) is 11.4 Å². The molecule has 2 aromatic rings. The minimum atomic E-state index is 0.432. The standard InChI is InChI=1S/C16H24N4/c1-5-20(12(2)11-19(3)4)15-9-8-14(17)16-13(15)7-6-10-18-16/h6-10,12H,5,11,17H2,1-4H3. The molecule has 108 valence electrons. The largest absolute Gasteiger partial charge is 0.397 e. The highest BCUT2D eigenvalue weighted by Crippen LogP contribution is 2.30. The highest BCUT2D eigenvalue weighted by Gasteiger charge is 2.16. The van der Waals surface area contributed by atoms with Crippen molar-refractivity contribution in [3.63, 3.8) is 0 Å². The molecule has 4 nitrogen and oxygen atoms in total. The van der Waals surface area contributed by atoms with Crippen LogP contribution in [0.25, 0.3) is 10.9 Å². The van der Waals surface area contributed by atoms with Gasteiger partial charge in [-0.05, 0) is 52.2 Å². The van der Waals surface area contributed by atoms with Gasteiger partial charge in [-0.15, -0.1) is 0 Å². The van der Waals surface area contributed by atoms with E-state index in [-0.39, 0.29) is 0 Å². The van der Waals surface area contributed by atoms with E-state index in [9.17, 15) is 0 Å². The molecule has 1 heterocycles. The molecule has 0 bridgehead atoms. The zero-order chi connectivity index (χ0) is 14.7. The predicted molar refractivity (Wildman–Crippen MR) is 87.2 cm³/mol. The van der Waals surface area contributed by atoms with Crippen LogP contribution in [0.2, 0.25) is 0 Å². The normalized spacial score (nSPS) is 12.8. The third kappa shape index (κ3) is 2.85. The Labute approximate surface area is 121 Å². The van der Waals surface area contributed by atoms with Crippen LogP contribution in [0, 0.1) is 0 Å². The Bertz CT molecular complexity index is 580. The van der Waals surface area contributed by atoms with Gasteiger partial charge in [-0.2, -0.15) is 0 Å². The first-order valence-electron chi connectivity index (χ1n) is 7.09. The maximum absolute atomic E-state index is 6.03. The average molecular weight is 272 g/mol. The van der Waals surface area contributed by atoms with Gasteiger partial charge in [-0.1, -0.05) is 0 Å². The molecule has 0 amide bonds. The Kier molecular flexibility index (Phi) is 4.45. The van der Waals surface area contributed by atoms with E-state index in [1.807, 2.05) is 12.1 Å². The maximum atomic E-state index is 6.03. The van der Waals surface area contributed by atoms with E-state index in [0.29, 0.717) is 6.04 Å². The van der Waals surface area contributed by atoms with Crippen LogP contribution in [0.1, 0.15) is 13.8 Å². The summed E-state index contributed by atoms with van der Waals surface area (Å²) < 4.78 is 0. The molecule has 0 saturated carbocycles. The monoisotopic (exact) mass is 272 g/mol. The molecule has 4 heteroatoms. The molecule has 2 N–H and O–H groups in total. The van der Waals surface area contributed by atoms with Crippen LogP contribution in [0.5, 0.6) is 0 Å². The number of hydrogen-bond acceptors (Lipinski definition) is 4. The number of rotatable bonds is 5. The van der Waals surface area contributed by atoms with Crippen LogP contribution in [0.15, 0.2) is 30.5 Å². The Morgan fingerprint density at radius 2 is 2.00 bits per heavy atom. The molecule has 0 fully saturated rings. The lowest BCUT2D eigenvalue weighted by Crippen LogP contribution is -2.40. The zero-order valence-corrected chi connectivity index (χ0v) is 12.8. The van der Waals surface area contributed by atoms with Gasteiger partial charge in [0.25, 0.3) is 0 Å². The molecule has 0 radical (unpaired) electrons. The van der Waals surface area contributed by atoms with Crippen molar-refractivity contribution >= 4 is 22.3 Å². The number of hydrogen-bond donors (Lipinski definition) is 1. The van der Waals surface area contributed by atoms with Crippen molar-refractivity contribution in [3.8, 4) is 0 Å². The van der Waals surface area contributed by atoms with E-state index in [2.05, 4.69) is 54.9 Å². The summed E-state index contributed by atoms with van der Waals surface area (Å²) in [6.45, 7) is 6.41. The quantitative estimate of drug-likeness (QED) is 0.850. The third-order valence-electron chi connectivity index (χ3n) is 3.59. The number of benzene rings is 1. The number of pyridine rings is 1. The van der Waals surface area contributed by atoms with Gasteiger partial charge in [0.15, 0.2) is 0 Å². The third-order valence-corrected chi connectivity index (χ3v) is 3.59. The van der Waals surface area contributed by atoms with Gasteiger partial charge < -0.3 is 15.5 Å². The summed E-state index contributed by atoms with van der Waals surface area (Å²) in [6, 6.07) is 8.56. The van der Waals surface area contributed by atoms with Crippen molar-refractivity contribution in [2.45, 2.75) is 19.9 Å². The molecule has 1 unspecified atom stereocenters. The number of nitrogens with two attached hydrogens (primary N) is 1. The van der Waals surface area contributed by atoms with E-state index in [1.165, 1.54) is 5.69 Å². The molecule has 1 aromatic heterocycles. The fourth-order valence-corrected chi connectivity index (χ4v) is 2.78. The molecule has 0 saturated heterocycles. The summed E-state index contributed by atoms with van der Waals surface area (Å²) in [5.74, 6) is 0. The molecule has 0 aliphatic carbocycles. The van der Waals surface area contributed by atoms with Crippen molar-refractivity contribution in [1.29, 1.82) is 0 Å². The maximum Gasteiger partial charge on any atom is 0.0951 e. The van der Waals surface area contributed by atoms with Crippen LogP contribution in [0.3, 0.4) is 0 Å². The summed E-state index contributed by atoms with van der Waals surface area (Å²) in [5, 5.41) is 1.12. The summed E-state index contributed by atoms with van der Waals surface area (Å²) in [4.78, 5) is 9.04. The lowest BCUT2D eigenvalue weighted by Gasteiger charge is -2.33. The Hall–Kier alpha value is -1.81. The van der Waals surface area contributed by atoms with Crippen LogP contribution >= 0.6 is 0 Å². The topological polar surface area (TPSA) is 45.4 Å². The Morgan fingerprint density at radius 1 is 1.25 bits per heavy atom. The van der Waals surface area contributed by atoms with Gasteiger partial charge in [0, 0.05) is 36.4 Å². The van der Waals surface area contributed by atoms with E-state index < -0.39 is 0 Å². The molecular formula is C16H24N4. The molecular weight excluding hydrogens is 248 g/mol. The Balaban J connectivity index is 2.47. The number of anilines is 2. The van der Waals surface area contributed by atoms with Gasteiger partial charge in [0.05, 0.1) is 11.2 Å². The molecule has 0 spiro atoms. The first kappa shape index (κ1) is 14.6. The highest BCUT2D eigenvalue weighted by molar-refractivity contribution is 5.98. The number of likely N-dealkylation sites (N-methyl/N-ethyl adjacent to an activating group) is 2. The fourth-order valence-electron chi connectivity index (χ4n) is 2.78. The first-order valence-corrected chi connectivity index (χ1v) is 7.09. The first-order chi connectivity index (χ1) is 9.54. The van der Waals surface area contributed by atoms with E-state index in [1.54, 1.807) is 6.20 Å². The number of nitrogen functional groups attached to an aromatic ring is 1. The second kappa shape index (κ2) is 6.09. The van der Waals surface area contributed by atoms with E-state index in [4.69, 9.17) is 5.73 Å². The molecule has 1 atom stereocenters. The fraction of sp³-hybridized carbons (Fsp3) is 0.438.